The van der Waals surface area contributed by atoms with E-state index < -0.39 is 0 Å². The van der Waals surface area contributed by atoms with E-state index in [1.807, 2.05) is 6.07 Å². The van der Waals surface area contributed by atoms with Gasteiger partial charge in [-0.05, 0) is 38.5 Å². The number of anilines is 1. The summed E-state index contributed by atoms with van der Waals surface area (Å²) in [5.41, 5.74) is 6.95. The minimum Gasteiger partial charge on any atom is -0.396 e. The van der Waals surface area contributed by atoms with Crippen LogP contribution in [-0.2, 0) is 6.54 Å². The lowest BCUT2D eigenvalue weighted by molar-refractivity contribution is 0.0591. The van der Waals surface area contributed by atoms with Gasteiger partial charge in [-0.25, -0.2) is 4.39 Å². The van der Waals surface area contributed by atoms with E-state index in [0.29, 0.717) is 0 Å². The second-order valence-electron chi connectivity index (χ2n) is 6.29. The molecule has 1 aliphatic heterocycles. The summed E-state index contributed by atoms with van der Waals surface area (Å²) in [6.45, 7) is 11.7. The van der Waals surface area contributed by atoms with Crippen molar-refractivity contribution in [2.45, 2.75) is 32.9 Å². The highest BCUT2D eigenvalue weighted by Crippen LogP contribution is 2.18. The van der Waals surface area contributed by atoms with E-state index >= 15 is 0 Å². The van der Waals surface area contributed by atoms with E-state index in [0.717, 1.165) is 38.3 Å². The van der Waals surface area contributed by atoms with Crippen LogP contribution in [0.1, 0.15) is 26.3 Å². The van der Waals surface area contributed by atoms with Gasteiger partial charge in [0.25, 0.3) is 0 Å². The lowest BCUT2D eigenvalue weighted by Gasteiger charge is -2.42. The molecule has 1 aliphatic rings. The van der Waals surface area contributed by atoms with E-state index in [1.165, 1.54) is 0 Å². The van der Waals surface area contributed by atoms with Crippen LogP contribution < -0.4 is 5.73 Å². The molecule has 0 amide bonds. The molecule has 19 heavy (non-hydrogen) atoms. The average molecular weight is 265 g/mol. The Bertz CT molecular complexity index is 432. The summed E-state index contributed by atoms with van der Waals surface area (Å²) in [5, 5.41) is 0. The van der Waals surface area contributed by atoms with E-state index in [1.54, 1.807) is 12.1 Å². The minimum absolute atomic E-state index is 0.223. The summed E-state index contributed by atoms with van der Waals surface area (Å²) in [6.07, 6.45) is 0. The number of piperazine rings is 1. The van der Waals surface area contributed by atoms with Gasteiger partial charge >= 0.3 is 0 Å². The molecule has 4 heteroatoms. The first-order valence-electron chi connectivity index (χ1n) is 6.87. The van der Waals surface area contributed by atoms with Crippen molar-refractivity contribution >= 4 is 5.69 Å². The molecule has 3 nitrogen and oxygen atoms in total. The molecule has 1 fully saturated rings. The number of nitrogens with zero attached hydrogens (tertiary/aromatic N) is 2. The quantitative estimate of drug-likeness (QED) is 0.833. The Morgan fingerprint density at radius 2 is 1.79 bits per heavy atom. The van der Waals surface area contributed by atoms with Crippen molar-refractivity contribution in [1.82, 2.24) is 9.80 Å². The van der Waals surface area contributed by atoms with E-state index in [4.69, 9.17) is 5.73 Å². The van der Waals surface area contributed by atoms with Crippen molar-refractivity contribution in [2.24, 2.45) is 0 Å². The van der Waals surface area contributed by atoms with Crippen molar-refractivity contribution in [3.63, 3.8) is 0 Å². The van der Waals surface area contributed by atoms with Crippen LogP contribution in [0.4, 0.5) is 10.1 Å². The molecule has 1 saturated heterocycles. The summed E-state index contributed by atoms with van der Waals surface area (Å²) in [5.74, 6) is -0.314. The fraction of sp³-hybridized carbons (Fsp3) is 0.600. The Morgan fingerprint density at radius 3 is 2.32 bits per heavy atom. The van der Waals surface area contributed by atoms with Crippen LogP contribution in [0.5, 0.6) is 0 Å². The zero-order valence-corrected chi connectivity index (χ0v) is 12.1. The monoisotopic (exact) mass is 265 g/mol. The second kappa shape index (κ2) is 5.47. The molecule has 0 spiro atoms. The normalized spacial score (nSPS) is 18.7. The van der Waals surface area contributed by atoms with E-state index in [2.05, 4.69) is 30.6 Å². The van der Waals surface area contributed by atoms with Crippen molar-refractivity contribution in [3.8, 4) is 0 Å². The number of halogens is 1. The molecule has 0 aliphatic carbocycles. The van der Waals surface area contributed by atoms with Crippen LogP contribution in [0.25, 0.3) is 0 Å². The predicted octanol–water partition coefficient (Wildman–Crippen LogP) is 2.32. The smallest absolute Gasteiger partial charge is 0.146 e. The van der Waals surface area contributed by atoms with Gasteiger partial charge < -0.3 is 5.73 Å². The molecule has 0 saturated carbocycles. The molecule has 106 valence electrons. The van der Waals surface area contributed by atoms with Gasteiger partial charge in [0.15, 0.2) is 0 Å². The predicted molar refractivity (Wildman–Crippen MR) is 77.4 cm³/mol. The van der Waals surface area contributed by atoms with E-state index in [9.17, 15) is 4.39 Å². The topological polar surface area (TPSA) is 32.5 Å². The lowest BCUT2D eigenvalue weighted by atomic mass is 10.0. The molecule has 1 heterocycles. The Morgan fingerprint density at radius 1 is 1.16 bits per heavy atom. The molecule has 0 aromatic heterocycles. The third-order valence-electron chi connectivity index (χ3n) is 3.79. The number of benzene rings is 1. The van der Waals surface area contributed by atoms with Crippen molar-refractivity contribution in [3.05, 3.63) is 29.6 Å². The molecule has 1 aromatic rings. The number of rotatable bonds is 2. The summed E-state index contributed by atoms with van der Waals surface area (Å²) < 4.78 is 13.4. The maximum absolute atomic E-state index is 13.4. The number of hydrogen-bond donors (Lipinski definition) is 1. The Balaban J connectivity index is 1.90. The molecule has 0 atom stereocenters. The second-order valence-corrected chi connectivity index (χ2v) is 6.29. The fourth-order valence-corrected chi connectivity index (χ4v) is 2.50. The molecule has 0 bridgehead atoms. The highest BCUT2D eigenvalue weighted by molar-refractivity contribution is 5.41. The van der Waals surface area contributed by atoms with Crippen LogP contribution in [-0.4, -0.2) is 41.5 Å². The molecule has 2 N–H and O–H groups in total. The van der Waals surface area contributed by atoms with Gasteiger partial charge in [-0.3, -0.25) is 9.80 Å². The maximum atomic E-state index is 13.4. The van der Waals surface area contributed by atoms with Gasteiger partial charge in [0.1, 0.15) is 5.82 Å². The molecular formula is C15H24FN3. The number of nitrogens with two attached hydrogens (primary N) is 1. The first-order chi connectivity index (χ1) is 8.86. The van der Waals surface area contributed by atoms with E-state index in [-0.39, 0.29) is 17.0 Å². The number of hydrogen-bond acceptors (Lipinski definition) is 3. The SMILES string of the molecule is CC(C)(C)N1CCN(Cc2ccc(N)c(F)c2)CC1. The molecule has 2 rings (SSSR count). The first-order valence-corrected chi connectivity index (χ1v) is 6.87. The summed E-state index contributed by atoms with van der Waals surface area (Å²) in [7, 11) is 0. The Kier molecular flexibility index (Phi) is 4.11. The van der Waals surface area contributed by atoms with Crippen LogP contribution in [0.15, 0.2) is 18.2 Å². The first kappa shape index (κ1) is 14.3. The third-order valence-corrected chi connectivity index (χ3v) is 3.79. The zero-order valence-electron chi connectivity index (χ0n) is 12.1. The molecule has 1 aromatic carbocycles. The van der Waals surface area contributed by atoms with Gasteiger partial charge in [0.2, 0.25) is 0 Å². The maximum Gasteiger partial charge on any atom is 0.146 e. The summed E-state index contributed by atoms with van der Waals surface area (Å²) >= 11 is 0. The largest absolute Gasteiger partial charge is 0.396 e. The summed E-state index contributed by atoms with van der Waals surface area (Å²) in [6, 6.07) is 5.11. The molecule has 0 radical (unpaired) electrons. The van der Waals surface area contributed by atoms with Gasteiger partial charge in [-0.15, -0.1) is 0 Å². The third kappa shape index (κ3) is 3.67. The summed E-state index contributed by atoms with van der Waals surface area (Å²) in [4.78, 5) is 4.86. The van der Waals surface area contributed by atoms with Crippen molar-refractivity contribution in [2.75, 3.05) is 31.9 Å². The highest BCUT2D eigenvalue weighted by atomic mass is 19.1. The fourth-order valence-electron chi connectivity index (χ4n) is 2.50. The van der Waals surface area contributed by atoms with Gasteiger partial charge in [-0.2, -0.15) is 0 Å². The lowest BCUT2D eigenvalue weighted by Crippen LogP contribution is -2.53. The van der Waals surface area contributed by atoms with Crippen LogP contribution in [0, 0.1) is 5.82 Å². The van der Waals surface area contributed by atoms with Crippen molar-refractivity contribution < 1.29 is 4.39 Å². The zero-order chi connectivity index (χ0) is 14.0. The van der Waals surface area contributed by atoms with Crippen LogP contribution in [0.2, 0.25) is 0 Å². The molecule has 0 unspecified atom stereocenters. The van der Waals surface area contributed by atoms with Crippen LogP contribution in [0.3, 0.4) is 0 Å². The standard InChI is InChI=1S/C15H24FN3/c1-15(2,3)19-8-6-18(7-9-19)11-12-4-5-14(17)13(16)10-12/h4-5,10H,6-9,11,17H2,1-3H3. The Hall–Kier alpha value is -1.13. The van der Waals surface area contributed by atoms with Gasteiger partial charge in [0, 0.05) is 38.3 Å². The van der Waals surface area contributed by atoms with Crippen LogP contribution >= 0.6 is 0 Å². The average Bonchev–Trinajstić information content (AvgIpc) is 2.33. The number of nitrogen functional groups attached to an aromatic ring is 1. The van der Waals surface area contributed by atoms with Crippen molar-refractivity contribution in [1.29, 1.82) is 0 Å². The Labute approximate surface area is 115 Å². The highest BCUT2D eigenvalue weighted by Gasteiger charge is 2.25. The molecular weight excluding hydrogens is 241 g/mol. The van der Waals surface area contributed by atoms with Gasteiger partial charge in [0.05, 0.1) is 5.69 Å². The van der Waals surface area contributed by atoms with Gasteiger partial charge in [-0.1, -0.05) is 6.07 Å². The minimum atomic E-state index is -0.314.